The number of thiocarbonyl (C=S) groups is 1. The first-order valence-corrected chi connectivity index (χ1v) is 7.18. The molecule has 3 heteroatoms. The molecule has 0 amide bonds. The Hall–Kier alpha value is -0.150. The van der Waals surface area contributed by atoms with E-state index in [0.717, 1.165) is 22.7 Å². The molecule has 1 aliphatic heterocycles. The molecule has 2 aliphatic carbocycles. The quantitative estimate of drug-likeness (QED) is 0.764. The van der Waals surface area contributed by atoms with Crippen molar-refractivity contribution >= 4 is 17.2 Å². The van der Waals surface area contributed by atoms with E-state index in [4.69, 9.17) is 18.0 Å². The van der Waals surface area contributed by atoms with E-state index in [1.807, 2.05) is 0 Å². The van der Waals surface area contributed by atoms with Gasteiger partial charge in [-0.25, -0.2) is 0 Å². The molecule has 90 valence electrons. The Morgan fingerprint density at radius 2 is 2.12 bits per heavy atom. The predicted molar refractivity (Wildman–Crippen MR) is 70.3 cm³/mol. The minimum atomic E-state index is 0.411. The Kier molecular flexibility index (Phi) is 2.92. The Bertz CT molecular complexity index is 292. The van der Waals surface area contributed by atoms with E-state index in [9.17, 15) is 0 Å². The fourth-order valence-electron chi connectivity index (χ4n) is 4.27. The molecule has 2 N–H and O–H groups in total. The molecule has 4 atom stereocenters. The Balaban J connectivity index is 1.60. The summed E-state index contributed by atoms with van der Waals surface area (Å²) >= 11 is 5.18. The molecule has 2 nitrogen and oxygen atoms in total. The first-order valence-electron chi connectivity index (χ1n) is 6.77. The average Bonchev–Trinajstić information content (AvgIpc) is 2.91. The average molecular weight is 238 g/mol. The van der Waals surface area contributed by atoms with Crippen molar-refractivity contribution in [2.45, 2.75) is 44.6 Å². The first kappa shape index (κ1) is 11.0. The summed E-state index contributed by atoms with van der Waals surface area (Å²) in [6.45, 7) is 2.49. The van der Waals surface area contributed by atoms with E-state index in [1.54, 1.807) is 0 Å². The number of likely N-dealkylation sites (tertiary alicyclic amines) is 1. The van der Waals surface area contributed by atoms with Gasteiger partial charge < -0.3 is 5.73 Å². The Labute approximate surface area is 104 Å². The minimum Gasteiger partial charge on any atom is -0.392 e. The van der Waals surface area contributed by atoms with Gasteiger partial charge in [0.15, 0.2) is 0 Å². The predicted octanol–water partition coefficient (Wildman–Crippen LogP) is 2.17. The van der Waals surface area contributed by atoms with Crippen LogP contribution in [-0.4, -0.2) is 29.0 Å². The molecule has 0 spiro atoms. The summed E-state index contributed by atoms with van der Waals surface area (Å²) in [4.78, 5) is 3.29. The topological polar surface area (TPSA) is 29.3 Å². The lowest BCUT2D eigenvalue weighted by Gasteiger charge is -2.30. The van der Waals surface area contributed by atoms with Crippen molar-refractivity contribution in [2.24, 2.45) is 23.5 Å². The van der Waals surface area contributed by atoms with Gasteiger partial charge >= 0.3 is 0 Å². The van der Waals surface area contributed by atoms with Crippen LogP contribution in [0, 0.1) is 17.8 Å². The fourth-order valence-corrected chi connectivity index (χ4v) is 4.54. The Morgan fingerprint density at radius 3 is 2.75 bits per heavy atom. The highest BCUT2D eigenvalue weighted by molar-refractivity contribution is 7.80. The van der Waals surface area contributed by atoms with E-state index in [2.05, 4.69) is 4.90 Å². The SMILES string of the molecule is NC(=S)C1CCCN1CC1CC2CCC1C2. The van der Waals surface area contributed by atoms with Crippen molar-refractivity contribution < 1.29 is 0 Å². The van der Waals surface area contributed by atoms with Crippen molar-refractivity contribution in [3.63, 3.8) is 0 Å². The zero-order valence-corrected chi connectivity index (χ0v) is 10.7. The van der Waals surface area contributed by atoms with Gasteiger partial charge in [0.1, 0.15) is 0 Å². The minimum absolute atomic E-state index is 0.411. The van der Waals surface area contributed by atoms with Gasteiger partial charge in [-0.15, -0.1) is 0 Å². The third-order valence-corrected chi connectivity index (χ3v) is 5.32. The van der Waals surface area contributed by atoms with Gasteiger partial charge in [0.25, 0.3) is 0 Å². The zero-order chi connectivity index (χ0) is 11.1. The van der Waals surface area contributed by atoms with E-state index in [1.165, 1.54) is 51.6 Å². The lowest BCUT2D eigenvalue weighted by Crippen LogP contribution is -2.42. The summed E-state index contributed by atoms with van der Waals surface area (Å²) in [7, 11) is 0. The third-order valence-electron chi connectivity index (χ3n) is 5.05. The van der Waals surface area contributed by atoms with Gasteiger partial charge in [-0.05, 0) is 56.4 Å². The highest BCUT2D eigenvalue weighted by Gasteiger charge is 2.41. The van der Waals surface area contributed by atoms with Crippen LogP contribution in [0.4, 0.5) is 0 Å². The van der Waals surface area contributed by atoms with Crippen LogP contribution in [0.25, 0.3) is 0 Å². The molecule has 2 bridgehead atoms. The second-order valence-electron chi connectivity index (χ2n) is 5.99. The normalized spacial score (nSPS) is 43.0. The zero-order valence-electron chi connectivity index (χ0n) is 9.90. The first-order chi connectivity index (χ1) is 7.74. The number of hydrogen-bond acceptors (Lipinski definition) is 2. The van der Waals surface area contributed by atoms with Crippen LogP contribution in [0.1, 0.15) is 38.5 Å². The van der Waals surface area contributed by atoms with E-state index in [0.29, 0.717) is 6.04 Å². The molecule has 1 saturated heterocycles. The summed E-state index contributed by atoms with van der Waals surface area (Å²) < 4.78 is 0. The number of nitrogens with zero attached hydrogens (tertiary/aromatic N) is 1. The van der Waals surface area contributed by atoms with Gasteiger partial charge in [0.2, 0.25) is 0 Å². The van der Waals surface area contributed by atoms with Crippen LogP contribution >= 0.6 is 12.2 Å². The smallest absolute Gasteiger partial charge is 0.0902 e. The van der Waals surface area contributed by atoms with Gasteiger partial charge in [-0.3, -0.25) is 4.90 Å². The molecular weight excluding hydrogens is 216 g/mol. The van der Waals surface area contributed by atoms with Gasteiger partial charge in [0, 0.05) is 6.54 Å². The Morgan fingerprint density at radius 1 is 1.25 bits per heavy atom. The van der Waals surface area contributed by atoms with Crippen LogP contribution in [0.3, 0.4) is 0 Å². The molecule has 0 aromatic heterocycles. The molecular formula is C13H22N2S. The third kappa shape index (κ3) is 1.88. The van der Waals surface area contributed by atoms with Crippen LogP contribution in [0.15, 0.2) is 0 Å². The highest BCUT2D eigenvalue weighted by Crippen LogP contribution is 2.48. The molecule has 3 aliphatic rings. The maximum absolute atomic E-state index is 5.83. The van der Waals surface area contributed by atoms with Crippen molar-refractivity contribution in [2.75, 3.05) is 13.1 Å². The largest absolute Gasteiger partial charge is 0.392 e. The van der Waals surface area contributed by atoms with Crippen molar-refractivity contribution in [1.82, 2.24) is 4.90 Å². The monoisotopic (exact) mass is 238 g/mol. The highest BCUT2D eigenvalue weighted by atomic mass is 32.1. The molecule has 3 fully saturated rings. The standard InChI is InChI=1S/C13H22N2S/c14-13(16)12-2-1-5-15(12)8-11-7-9-3-4-10(11)6-9/h9-12H,1-8H2,(H2,14,16). The second-order valence-corrected chi connectivity index (χ2v) is 6.46. The molecule has 0 radical (unpaired) electrons. The van der Waals surface area contributed by atoms with E-state index >= 15 is 0 Å². The fraction of sp³-hybridized carbons (Fsp3) is 0.923. The maximum Gasteiger partial charge on any atom is 0.0902 e. The van der Waals surface area contributed by atoms with E-state index < -0.39 is 0 Å². The molecule has 2 saturated carbocycles. The van der Waals surface area contributed by atoms with Gasteiger partial charge in [-0.1, -0.05) is 18.6 Å². The molecule has 0 aromatic carbocycles. The summed E-state index contributed by atoms with van der Waals surface area (Å²) in [5.41, 5.74) is 5.83. The van der Waals surface area contributed by atoms with Crippen LogP contribution in [0.5, 0.6) is 0 Å². The van der Waals surface area contributed by atoms with Crippen LogP contribution in [0.2, 0.25) is 0 Å². The summed E-state index contributed by atoms with van der Waals surface area (Å²) in [6, 6.07) is 0.411. The van der Waals surface area contributed by atoms with Crippen LogP contribution < -0.4 is 5.73 Å². The van der Waals surface area contributed by atoms with Crippen molar-refractivity contribution in [3.8, 4) is 0 Å². The van der Waals surface area contributed by atoms with E-state index in [-0.39, 0.29) is 0 Å². The van der Waals surface area contributed by atoms with Crippen molar-refractivity contribution in [1.29, 1.82) is 0 Å². The van der Waals surface area contributed by atoms with Crippen LogP contribution in [-0.2, 0) is 0 Å². The van der Waals surface area contributed by atoms with Gasteiger partial charge in [0.05, 0.1) is 11.0 Å². The summed E-state index contributed by atoms with van der Waals surface area (Å²) in [6.07, 6.45) is 8.45. The molecule has 16 heavy (non-hydrogen) atoms. The molecule has 4 unspecified atom stereocenters. The lowest BCUT2D eigenvalue weighted by atomic mass is 9.88. The number of hydrogen-bond donors (Lipinski definition) is 1. The van der Waals surface area contributed by atoms with Crippen molar-refractivity contribution in [3.05, 3.63) is 0 Å². The molecule has 1 heterocycles. The number of fused-ring (bicyclic) bond motifs is 2. The van der Waals surface area contributed by atoms with Gasteiger partial charge in [-0.2, -0.15) is 0 Å². The maximum atomic E-state index is 5.83. The summed E-state index contributed by atoms with van der Waals surface area (Å²) in [5.74, 6) is 3.03. The number of nitrogens with two attached hydrogens (primary N) is 1. The molecule has 3 rings (SSSR count). The lowest BCUT2D eigenvalue weighted by molar-refractivity contribution is 0.203. The second kappa shape index (κ2) is 4.26. The number of rotatable bonds is 3. The molecule has 0 aromatic rings. The summed E-state index contributed by atoms with van der Waals surface area (Å²) in [5, 5.41) is 0.